The summed E-state index contributed by atoms with van der Waals surface area (Å²) in [7, 11) is -1.13. The average molecular weight is 456 g/mol. The molecule has 2 N–H and O–H groups in total. The van der Waals surface area contributed by atoms with Crippen LogP contribution in [0.15, 0.2) is 6.07 Å². The van der Waals surface area contributed by atoms with E-state index in [4.69, 9.17) is 14.6 Å². The molecule has 0 amide bonds. The number of alkyl halides is 3. The lowest BCUT2D eigenvalue weighted by Crippen LogP contribution is -2.64. The molecule has 172 valence electrons. The number of aromatic nitrogens is 2. The molecule has 2 aliphatic heterocycles. The molecule has 30 heavy (non-hydrogen) atoms. The summed E-state index contributed by atoms with van der Waals surface area (Å²) in [6.45, 7) is 5.93. The average Bonchev–Trinajstić information content (AvgIpc) is 2.89. The molecule has 1 unspecified atom stereocenters. The van der Waals surface area contributed by atoms with Crippen LogP contribution in [0.3, 0.4) is 0 Å². The van der Waals surface area contributed by atoms with E-state index in [1.807, 2.05) is 18.7 Å². The van der Waals surface area contributed by atoms with Gasteiger partial charge < -0.3 is 9.84 Å². The second kappa shape index (κ2) is 9.20. The van der Waals surface area contributed by atoms with Gasteiger partial charge in [0.15, 0.2) is 0 Å². The number of aryl methyl sites for hydroxylation is 2. The van der Waals surface area contributed by atoms with E-state index in [2.05, 4.69) is 20.8 Å². The van der Waals surface area contributed by atoms with Gasteiger partial charge in [-0.3, -0.25) is 9.58 Å². The number of hydrogen-bond donors (Lipinski definition) is 2. The lowest BCUT2D eigenvalue weighted by molar-refractivity contribution is -0.192. The fraction of sp³-hybridized carbons (Fsp3) is 0.765. The highest BCUT2D eigenvalue weighted by molar-refractivity contribution is 7.88. The Balaban J connectivity index is 0.000000396. The third kappa shape index (κ3) is 7.22. The lowest BCUT2D eigenvalue weighted by Gasteiger charge is -2.52. The van der Waals surface area contributed by atoms with Crippen LogP contribution in [-0.4, -0.2) is 78.4 Å². The highest BCUT2D eigenvalue weighted by atomic mass is 32.2. The maximum absolute atomic E-state index is 11.1. The summed E-state index contributed by atoms with van der Waals surface area (Å²) in [5, 5.41) is 11.5. The van der Waals surface area contributed by atoms with Gasteiger partial charge in [-0.2, -0.15) is 18.3 Å². The monoisotopic (exact) mass is 456 g/mol. The standard InChI is InChI=1S/C15H26N4O3S.C2HF3O2/c1-12-6-14(18(2)17-12)8-19-10-15(11-19)5-4-13(9-22-15)7-16-23(3,20)21;3-2(4,5)1(6)7/h6,13,16H,4-5,7-11H2,1-3H3;(H,6,7). The van der Waals surface area contributed by atoms with E-state index in [1.54, 1.807) is 0 Å². The molecule has 3 heterocycles. The molecule has 2 aliphatic rings. The molecule has 2 fully saturated rings. The minimum atomic E-state index is -5.08. The molecular weight excluding hydrogens is 429 g/mol. The van der Waals surface area contributed by atoms with Crippen LogP contribution in [0.1, 0.15) is 24.2 Å². The Morgan fingerprint density at radius 2 is 2.03 bits per heavy atom. The summed E-state index contributed by atoms with van der Waals surface area (Å²) in [5.74, 6) is -2.48. The van der Waals surface area contributed by atoms with Crippen molar-refractivity contribution in [2.24, 2.45) is 13.0 Å². The molecule has 1 aromatic rings. The molecule has 1 spiro atoms. The Kier molecular flexibility index (Phi) is 7.54. The van der Waals surface area contributed by atoms with Crippen molar-refractivity contribution in [2.45, 2.75) is 38.1 Å². The topological polar surface area (TPSA) is 114 Å². The van der Waals surface area contributed by atoms with Gasteiger partial charge in [-0.1, -0.05) is 0 Å². The van der Waals surface area contributed by atoms with E-state index >= 15 is 0 Å². The Morgan fingerprint density at radius 1 is 1.43 bits per heavy atom. The molecule has 1 atom stereocenters. The lowest BCUT2D eigenvalue weighted by atomic mass is 9.83. The number of carboxylic acid groups (broad SMARTS) is 1. The maximum atomic E-state index is 11.1. The van der Waals surface area contributed by atoms with Crippen molar-refractivity contribution in [3.8, 4) is 0 Å². The quantitative estimate of drug-likeness (QED) is 0.677. The molecule has 9 nitrogen and oxygen atoms in total. The van der Waals surface area contributed by atoms with E-state index in [0.717, 1.165) is 38.2 Å². The first-order valence-corrected chi connectivity index (χ1v) is 11.2. The van der Waals surface area contributed by atoms with Crippen molar-refractivity contribution >= 4 is 16.0 Å². The van der Waals surface area contributed by atoms with Crippen LogP contribution in [0.5, 0.6) is 0 Å². The van der Waals surface area contributed by atoms with Crippen molar-refractivity contribution in [2.75, 3.05) is 32.5 Å². The summed E-state index contributed by atoms with van der Waals surface area (Å²) in [6.07, 6.45) is -1.87. The number of carbonyl (C=O) groups is 1. The number of halogens is 3. The van der Waals surface area contributed by atoms with Gasteiger partial charge in [-0.05, 0) is 31.7 Å². The van der Waals surface area contributed by atoms with Crippen LogP contribution in [0.2, 0.25) is 0 Å². The number of carboxylic acids is 1. The summed E-state index contributed by atoms with van der Waals surface area (Å²) in [5.41, 5.74) is 2.26. The Morgan fingerprint density at radius 3 is 2.43 bits per heavy atom. The summed E-state index contributed by atoms with van der Waals surface area (Å²) in [6, 6.07) is 2.12. The van der Waals surface area contributed by atoms with Gasteiger partial charge in [0.05, 0.1) is 29.9 Å². The molecule has 0 saturated carbocycles. The van der Waals surface area contributed by atoms with Crippen molar-refractivity contribution in [1.29, 1.82) is 0 Å². The molecule has 0 aromatic carbocycles. The number of sulfonamides is 1. The molecule has 0 radical (unpaired) electrons. The summed E-state index contributed by atoms with van der Waals surface area (Å²) >= 11 is 0. The van der Waals surface area contributed by atoms with Gasteiger partial charge in [0.25, 0.3) is 0 Å². The molecule has 0 aliphatic carbocycles. The fourth-order valence-electron chi connectivity index (χ4n) is 3.52. The van der Waals surface area contributed by atoms with E-state index < -0.39 is 22.2 Å². The first-order chi connectivity index (χ1) is 13.7. The van der Waals surface area contributed by atoms with Crippen LogP contribution >= 0.6 is 0 Å². The molecule has 1 aromatic heterocycles. The zero-order valence-corrected chi connectivity index (χ0v) is 17.9. The smallest absolute Gasteiger partial charge is 0.475 e. The van der Waals surface area contributed by atoms with Gasteiger partial charge in [-0.25, -0.2) is 17.9 Å². The highest BCUT2D eigenvalue weighted by Gasteiger charge is 2.46. The first kappa shape index (κ1) is 24.6. The van der Waals surface area contributed by atoms with Crippen LogP contribution in [0.25, 0.3) is 0 Å². The summed E-state index contributed by atoms with van der Waals surface area (Å²) < 4.78 is 64.6. The third-order valence-corrected chi connectivity index (χ3v) is 5.71. The normalized spacial score (nSPS) is 21.6. The van der Waals surface area contributed by atoms with E-state index in [0.29, 0.717) is 13.2 Å². The zero-order valence-electron chi connectivity index (χ0n) is 17.1. The van der Waals surface area contributed by atoms with Crippen LogP contribution in [-0.2, 0) is 33.1 Å². The van der Waals surface area contributed by atoms with Gasteiger partial charge in [-0.15, -0.1) is 0 Å². The predicted molar refractivity (Wildman–Crippen MR) is 101 cm³/mol. The van der Waals surface area contributed by atoms with E-state index in [1.165, 1.54) is 11.9 Å². The highest BCUT2D eigenvalue weighted by Crippen LogP contribution is 2.36. The van der Waals surface area contributed by atoms with Crippen molar-refractivity contribution < 1.29 is 36.2 Å². The zero-order chi connectivity index (χ0) is 22.7. The minimum Gasteiger partial charge on any atom is -0.475 e. The second-order valence-corrected chi connectivity index (χ2v) is 9.70. The van der Waals surface area contributed by atoms with Gasteiger partial charge in [0.2, 0.25) is 10.0 Å². The van der Waals surface area contributed by atoms with Crippen LogP contribution < -0.4 is 4.72 Å². The van der Waals surface area contributed by atoms with Crippen LogP contribution in [0, 0.1) is 12.8 Å². The van der Waals surface area contributed by atoms with Gasteiger partial charge >= 0.3 is 12.1 Å². The number of rotatable bonds is 5. The largest absolute Gasteiger partial charge is 0.490 e. The van der Waals surface area contributed by atoms with Crippen molar-refractivity contribution in [3.63, 3.8) is 0 Å². The first-order valence-electron chi connectivity index (χ1n) is 9.30. The number of ether oxygens (including phenoxy) is 1. The Labute approximate surface area is 173 Å². The van der Waals surface area contributed by atoms with Crippen molar-refractivity contribution in [3.05, 3.63) is 17.5 Å². The number of hydrogen-bond acceptors (Lipinski definition) is 6. The maximum Gasteiger partial charge on any atom is 0.490 e. The van der Waals surface area contributed by atoms with E-state index in [-0.39, 0.29) is 11.5 Å². The fourth-order valence-corrected chi connectivity index (χ4v) is 4.06. The number of likely N-dealkylation sites (tertiary alicyclic amines) is 1. The predicted octanol–water partition coefficient (Wildman–Crippen LogP) is 0.892. The molecular formula is C17H27F3N4O5S. The molecule has 3 rings (SSSR count). The molecule has 2 saturated heterocycles. The molecule has 13 heteroatoms. The van der Waals surface area contributed by atoms with Gasteiger partial charge in [0.1, 0.15) is 0 Å². The van der Waals surface area contributed by atoms with Crippen molar-refractivity contribution in [1.82, 2.24) is 19.4 Å². The second-order valence-electron chi connectivity index (χ2n) is 7.87. The molecule has 0 bridgehead atoms. The Hall–Kier alpha value is -1.70. The summed E-state index contributed by atoms with van der Waals surface area (Å²) in [4.78, 5) is 11.3. The van der Waals surface area contributed by atoms with Crippen LogP contribution in [0.4, 0.5) is 13.2 Å². The third-order valence-electron chi connectivity index (χ3n) is 5.02. The minimum absolute atomic E-state index is 0.0186. The number of aliphatic carboxylic acids is 1. The number of nitrogens with one attached hydrogen (secondary N) is 1. The van der Waals surface area contributed by atoms with E-state index in [9.17, 15) is 21.6 Å². The van der Waals surface area contributed by atoms with Gasteiger partial charge in [0, 0.05) is 33.2 Å². The SMILES string of the molecule is Cc1cc(CN2CC3(CCC(CNS(C)(=O)=O)CO3)C2)n(C)n1.O=C(O)C(F)(F)F. The Bertz CT molecular complexity index is 840. The number of nitrogens with zero attached hydrogens (tertiary/aromatic N) is 3.